The fourth-order valence-electron chi connectivity index (χ4n) is 3.69. The number of likely N-dealkylation sites (tertiary alicyclic amines) is 2. The van der Waals surface area contributed by atoms with Crippen molar-refractivity contribution in [2.45, 2.75) is 52.6 Å². The van der Waals surface area contributed by atoms with Crippen molar-refractivity contribution >= 4 is 5.96 Å². The van der Waals surface area contributed by atoms with Crippen molar-refractivity contribution in [3.05, 3.63) is 0 Å². The molecule has 0 aromatic rings. The second kappa shape index (κ2) is 10.1. The SMILES string of the molecule is CCCN1CCC(CN=C(NCC)N2CCC(OCC)CC2)C1. The molecular formula is C18H36N4O. The Morgan fingerprint density at radius 1 is 1.13 bits per heavy atom. The van der Waals surface area contributed by atoms with Gasteiger partial charge in [-0.3, -0.25) is 4.99 Å². The van der Waals surface area contributed by atoms with Crippen LogP contribution in [0, 0.1) is 5.92 Å². The summed E-state index contributed by atoms with van der Waals surface area (Å²) in [5.41, 5.74) is 0. The first kappa shape index (κ1) is 18.5. The third-order valence-electron chi connectivity index (χ3n) is 4.89. The van der Waals surface area contributed by atoms with Gasteiger partial charge in [-0.15, -0.1) is 0 Å². The number of ether oxygens (including phenoxy) is 1. The summed E-state index contributed by atoms with van der Waals surface area (Å²) in [6.45, 7) is 15.1. The summed E-state index contributed by atoms with van der Waals surface area (Å²) in [7, 11) is 0. The highest BCUT2D eigenvalue weighted by atomic mass is 16.5. The summed E-state index contributed by atoms with van der Waals surface area (Å²) < 4.78 is 5.75. The van der Waals surface area contributed by atoms with Crippen molar-refractivity contribution in [2.75, 3.05) is 52.4 Å². The van der Waals surface area contributed by atoms with Crippen LogP contribution in [0.1, 0.15) is 46.5 Å². The Hall–Kier alpha value is -0.810. The molecule has 1 atom stereocenters. The van der Waals surface area contributed by atoms with Crippen LogP contribution in [0.5, 0.6) is 0 Å². The van der Waals surface area contributed by atoms with Gasteiger partial charge in [0.25, 0.3) is 0 Å². The lowest BCUT2D eigenvalue weighted by Crippen LogP contribution is -2.47. The van der Waals surface area contributed by atoms with Gasteiger partial charge in [0, 0.05) is 39.3 Å². The van der Waals surface area contributed by atoms with Crippen LogP contribution in [0.2, 0.25) is 0 Å². The van der Waals surface area contributed by atoms with Gasteiger partial charge in [0.05, 0.1) is 6.10 Å². The standard InChI is InChI=1S/C18H36N4O/c1-4-10-21-11-7-16(15-21)14-20-18(19-5-2)22-12-8-17(9-13-22)23-6-3/h16-17H,4-15H2,1-3H3,(H,19,20). The molecule has 1 unspecified atom stereocenters. The topological polar surface area (TPSA) is 40.1 Å². The van der Waals surface area contributed by atoms with E-state index in [1.807, 2.05) is 0 Å². The van der Waals surface area contributed by atoms with Gasteiger partial charge >= 0.3 is 0 Å². The largest absolute Gasteiger partial charge is 0.378 e. The average Bonchev–Trinajstić information content (AvgIpc) is 3.01. The summed E-state index contributed by atoms with van der Waals surface area (Å²) in [5.74, 6) is 1.84. The Balaban J connectivity index is 1.81. The molecule has 0 spiro atoms. The maximum atomic E-state index is 5.75. The molecule has 134 valence electrons. The second-order valence-corrected chi connectivity index (χ2v) is 6.79. The minimum absolute atomic E-state index is 0.441. The smallest absolute Gasteiger partial charge is 0.193 e. The number of hydrogen-bond donors (Lipinski definition) is 1. The summed E-state index contributed by atoms with van der Waals surface area (Å²) in [6.07, 6.45) is 5.23. The van der Waals surface area contributed by atoms with Crippen LogP contribution in [0.3, 0.4) is 0 Å². The normalized spacial score (nSPS) is 24.4. The number of aliphatic imine (C=N–C) groups is 1. The van der Waals surface area contributed by atoms with Crippen molar-refractivity contribution in [2.24, 2.45) is 10.9 Å². The number of guanidine groups is 1. The van der Waals surface area contributed by atoms with Gasteiger partial charge in [0.1, 0.15) is 0 Å². The molecule has 2 fully saturated rings. The van der Waals surface area contributed by atoms with E-state index in [0.29, 0.717) is 6.10 Å². The van der Waals surface area contributed by atoms with E-state index >= 15 is 0 Å². The number of rotatable bonds is 7. The molecule has 2 heterocycles. The molecule has 0 radical (unpaired) electrons. The first-order valence-corrected chi connectivity index (χ1v) is 9.64. The lowest BCUT2D eigenvalue weighted by Gasteiger charge is -2.34. The van der Waals surface area contributed by atoms with E-state index in [2.05, 4.69) is 35.9 Å². The zero-order valence-corrected chi connectivity index (χ0v) is 15.4. The van der Waals surface area contributed by atoms with Crippen molar-refractivity contribution < 1.29 is 4.74 Å². The van der Waals surface area contributed by atoms with Crippen molar-refractivity contribution in [1.29, 1.82) is 0 Å². The second-order valence-electron chi connectivity index (χ2n) is 6.79. The van der Waals surface area contributed by atoms with E-state index in [9.17, 15) is 0 Å². The third-order valence-corrected chi connectivity index (χ3v) is 4.89. The maximum absolute atomic E-state index is 5.75. The molecule has 23 heavy (non-hydrogen) atoms. The minimum Gasteiger partial charge on any atom is -0.378 e. The van der Waals surface area contributed by atoms with E-state index in [4.69, 9.17) is 9.73 Å². The zero-order chi connectivity index (χ0) is 16.5. The van der Waals surface area contributed by atoms with Crippen LogP contribution in [0.4, 0.5) is 0 Å². The van der Waals surface area contributed by atoms with E-state index in [0.717, 1.165) is 57.5 Å². The van der Waals surface area contributed by atoms with Crippen molar-refractivity contribution in [3.8, 4) is 0 Å². The highest BCUT2D eigenvalue weighted by Gasteiger charge is 2.24. The molecule has 0 bridgehead atoms. The molecular weight excluding hydrogens is 288 g/mol. The quantitative estimate of drug-likeness (QED) is 0.576. The molecule has 5 heteroatoms. The Kier molecular flexibility index (Phi) is 8.17. The number of nitrogens with zero attached hydrogens (tertiary/aromatic N) is 3. The Morgan fingerprint density at radius 2 is 1.91 bits per heavy atom. The zero-order valence-electron chi connectivity index (χ0n) is 15.4. The summed E-state index contributed by atoms with van der Waals surface area (Å²) in [5, 5.41) is 3.48. The van der Waals surface area contributed by atoms with Crippen LogP contribution >= 0.6 is 0 Å². The molecule has 2 rings (SSSR count). The van der Waals surface area contributed by atoms with Gasteiger partial charge in [-0.1, -0.05) is 6.92 Å². The van der Waals surface area contributed by atoms with Crippen LogP contribution in [0.25, 0.3) is 0 Å². The Bertz CT molecular complexity index is 353. The molecule has 0 aliphatic carbocycles. The highest BCUT2D eigenvalue weighted by Crippen LogP contribution is 2.18. The predicted octanol–water partition coefficient (Wildman–Crippen LogP) is 2.18. The molecule has 0 aromatic heterocycles. The van der Waals surface area contributed by atoms with E-state index in [1.54, 1.807) is 0 Å². The lowest BCUT2D eigenvalue weighted by atomic mass is 10.1. The number of nitrogens with one attached hydrogen (secondary N) is 1. The fourth-order valence-corrected chi connectivity index (χ4v) is 3.69. The monoisotopic (exact) mass is 324 g/mol. The van der Waals surface area contributed by atoms with Gasteiger partial charge in [0.2, 0.25) is 0 Å². The average molecular weight is 325 g/mol. The molecule has 1 N–H and O–H groups in total. The predicted molar refractivity (Wildman–Crippen MR) is 97.0 cm³/mol. The van der Waals surface area contributed by atoms with Gasteiger partial charge in [-0.25, -0.2) is 0 Å². The summed E-state index contributed by atoms with van der Waals surface area (Å²) in [4.78, 5) is 9.95. The van der Waals surface area contributed by atoms with Crippen LogP contribution < -0.4 is 5.32 Å². The van der Waals surface area contributed by atoms with E-state index < -0.39 is 0 Å². The lowest BCUT2D eigenvalue weighted by molar-refractivity contribution is 0.0263. The highest BCUT2D eigenvalue weighted by molar-refractivity contribution is 5.80. The van der Waals surface area contributed by atoms with Crippen LogP contribution in [0.15, 0.2) is 4.99 Å². The van der Waals surface area contributed by atoms with Gasteiger partial charge < -0.3 is 19.9 Å². The van der Waals surface area contributed by atoms with Crippen LogP contribution in [-0.2, 0) is 4.74 Å². The number of hydrogen-bond acceptors (Lipinski definition) is 3. The van der Waals surface area contributed by atoms with Crippen molar-refractivity contribution in [1.82, 2.24) is 15.1 Å². The molecule has 5 nitrogen and oxygen atoms in total. The molecule has 2 aliphatic rings. The molecule has 0 amide bonds. The summed E-state index contributed by atoms with van der Waals surface area (Å²) in [6, 6.07) is 0. The maximum Gasteiger partial charge on any atom is 0.193 e. The third kappa shape index (κ3) is 5.96. The van der Waals surface area contributed by atoms with E-state index in [-0.39, 0.29) is 0 Å². The molecule has 0 saturated carbocycles. The first-order valence-electron chi connectivity index (χ1n) is 9.64. The first-order chi connectivity index (χ1) is 11.3. The summed E-state index contributed by atoms with van der Waals surface area (Å²) >= 11 is 0. The van der Waals surface area contributed by atoms with Crippen LogP contribution in [-0.4, -0.2) is 74.3 Å². The number of piperidine rings is 1. The minimum atomic E-state index is 0.441. The van der Waals surface area contributed by atoms with E-state index in [1.165, 1.54) is 32.5 Å². The fraction of sp³-hybridized carbons (Fsp3) is 0.944. The Labute approximate surface area is 142 Å². The Morgan fingerprint density at radius 3 is 2.57 bits per heavy atom. The van der Waals surface area contributed by atoms with Gasteiger partial charge in [-0.05, 0) is 58.5 Å². The molecule has 2 aliphatic heterocycles. The van der Waals surface area contributed by atoms with Crippen molar-refractivity contribution in [3.63, 3.8) is 0 Å². The molecule has 2 saturated heterocycles. The molecule has 0 aromatic carbocycles. The van der Waals surface area contributed by atoms with Gasteiger partial charge in [0.15, 0.2) is 5.96 Å². The van der Waals surface area contributed by atoms with Gasteiger partial charge in [-0.2, -0.15) is 0 Å².